The average Bonchev–Trinajstić information content (AvgIpc) is 3.00. The molecule has 5 rings (SSSR count). The molecule has 0 aliphatic carbocycles. The van der Waals surface area contributed by atoms with E-state index in [4.69, 9.17) is 9.47 Å². The van der Waals surface area contributed by atoms with Crippen molar-refractivity contribution in [2.75, 3.05) is 17.9 Å². The number of benzene rings is 2. The van der Waals surface area contributed by atoms with Gasteiger partial charge in [0.2, 0.25) is 5.88 Å². The van der Waals surface area contributed by atoms with Crippen molar-refractivity contribution < 1.29 is 17.9 Å². The Morgan fingerprint density at radius 2 is 1.47 bits per heavy atom. The van der Waals surface area contributed by atoms with Crippen molar-refractivity contribution in [3.05, 3.63) is 103 Å². The molecule has 1 N–H and O–H groups in total. The van der Waals surface area contributed by atoms with Crippen molar-refractivity contribution in [3.63, 3.8) is 0 Å². The van der Waals surface area contributed by atoms with Crippen molar-refractivity contribution in [1.29, 1.82) is 0 Å². The Kier molecular flexibility index (Phi) is 8.63. The molecule has 0 spiro atoms. The highest BCUT2D eigenvalue weighted by atomic mass is 32.2. The molecule has 0 atom stereocenters. The lowest BCUT2D eigenvalue weighted by atomic mass is 9.87. The van der Waals surface area contributed by atoms with Crippen LogP contribution in [0.1, 0.15) is 31.9 Å². The molecule has 0 bridgehead atoms. The number of hydrogen-bond donors (Lipinski definition) is 1. The number of anilines is 1. The van der Waals surface area contributed by atoms with Crippen molar-refractivity contribution >= 4 is 15.8 Å². The molecule has 0 amide bonds. The SMILES string of the molecule is Cc1ccc(-c2c(NS(=O)(=O)c3ccc(C(C)(C)C)cc3)ncnc2OCCOc2ncc(-c3ccccn3)cn2)cc1. The van der Waals surface area contributed by atoms with Crippen LogP contribution < -0.4 is 14.2 Å². The van der Waals surface area contributed by atoms with Crippen molar-refractivity contribution in [2.24, 2.45) is 0 Å². The lowest BCUT2D eigenvalue weighted by Gasteiger charge is -2.19. The summed E-state index contributed by atoms with van der Waals surface area (Å²) in [4.78, 5) is 21.5. The molecule has 220 valence electrons. The second-order valence-electron chi connectivity index (χ2n) is 10.8. The van der Waals surface area contributed by atoms with E-state index in [9.17, 15) is 8.42 Å². The molecule has 11 heteroatoms. The van der Waals surface area contributed by atoms with Gasteiger partial charge in [-0.15, -0.1) is 0 Å². The fourth-order valence-electron chi connectivity index (χ4n) is 4.18. The van der Waals surface area contributed by atoms with Crippen LogP contribution in [-0.2, 0) is 15.4 Å². The highest BCUT2D eigenvalue weighted by Crippen LogP contribution is 2.35. The highest BCUT2D eigenvalue weighted by Gasteiger charge is 2.22. The fourth-order valence-corrected chi connectivity index (χ4v) is 5.21. The van der Waals surface area contributed by atoms with Gasteiger partial charge >= 0.3 is 6.01 Å². The number of nitrogens with one attached hydrogen (secondary N) is 1. The Labute approximate surface area is 251 Å². The van der Waals surface area contributed by atoms with E-state index in [-0.39, 0.29) is 41.2 Å². The number of hydrogen-bond acceptors (Lipinski definition) is 9. The molecule has 5 aromatic rings. The van der Waals surface area contributed by atoms with Gasteiger partial charge in [-0.3, -0.25) is 9.71 Å². The first kappa shape index (κ1) is 29.6. The monoisotopic (exact) mass is 596 g/mol. The number of aryl methyl sites for hydroxylation is 1. The summed E-state index contributed by atoms with van der Waals surface area (Å²) < 4.78 is 41.1. The van der Waals surface area contributed by atoms with Crippen LogP contribution in [0, 0.1) is 6.92 Å². The average molecular weight is 597 g/mol. The van der Waals surface area contributed by atoms with Crippen LogP contribution in [0.2, 0.25) is 0 Å². The van der Waals surface area contributed by atoms with Gasteiger partial charge in [0.1, 0.15) is 19.5 Å². The van der Waals surface area contributed by atoms with E-state index in [0.29, 0.717) is 11.1 Å². The largest absolute Gasteiger partial charge is 0.473 e. The highest BCUT2D eigenvalue weighted by molar-refractivity contribution is 7.92. The normalized spacial score (nSPS) is 11.6. The Morgan fingerprint density at radius 1 is 0.767 bits per heavy atom. The van der Waals surface area contributed by atoms with E-state index < -0.39 is 10.0 Å². The van der Waals surface area contributed by atoms with Gasteiger partial charge in [-0.25, -0.2) is 28.4 Å². The van der Waals surface area contributed by atoms with E-state index in [1.54, 1.807) is 30.7 Å². The van der Waals surface area contributed by atoms with E-state index in [1.807, 2.05) is 61.5 Å². The van der Waals surface area contributed by atoms with Gasteiger partial charge in [0.15, 0.2) is 5.82 Å². The van der Waals surface area contributed by atoms with Crippen LogP contribution in [0.3, 0.4) is 0 Å². The molecule has 2 aromatic carbocycles. The molecule has 0 aliphatic rings. The summed E-state index contributed by atoms with van der Waals surface area (Å²) in [5.74, 6) is 0.303. The molecule has 3 aromatic heterocycles. The van der Waals surface area contributed by atoms with E-state index >= 15 is 0 Å². The quantitative estimate of drug-likeness (QED) is 0.197. The second kappa shape index (κ2) is 12.5. The van der Waals surface area contributed by atoms with Crippen LogP contribution in [0.5, 0.6) is 11.9 Å². The van der Waals surface area contributed by atoms with E-state index in [2.05, 4.69) is 50.4 Å². The summed E-state index contributed by atoms with van der Waals surface area (Å²) >= 11 is 0. The number of pyridine rings is 1. The molecular formula is C32H32N6O4S. The summed E-state index contributed by atoms with van der Waals surface area (Å²) in [6, 6.07) is 20.2. The van der Waals surface area contributed by atoms with Crippen molar-refractivity contribution in [1.82, 2.24) is 24.9 Å². The summed E-state index contributed by atoms with van der Waals surface area (Å²) in [5, 5.41) is 0. The Balaban J connectivity index is 1.33. The van der Waals surface area contributed by atoms with Crippen LogP contribution in [-0.4, -0.2) is 46.6 Å². The standard InChI is InChI=1S/C32H32N6O4S/c1-22-8-10-23(11-9-22)28-29(38-43(39,40)26-14-12-25(13-15-26)32(2,3)4)36-21-37-30(28)41-17-18-42-31-34-19-24(20-35-31)27-7-5-6-16-33-27/h5-16,19-21H,17-18H2,1-4H3,(H,36,37,38). The molecule has 3 heterocycles. The van der Waals surface area contributed by atoms with Gasteiger partial charge in [0.25, 0.3) is 10.0 Å². The molecule has 0 unspecified atom stereocenters. The lowest BCUT2D eigenvalue weighted by Crippen LogP contribution is -2.17. The molecular weight excluding hydrogens is 564 g/mol. The van der Waals surface area contributed by atoms with Gasteiger partial charge in [0, 0.05) is 24.2 Å². The molecule has 10 nitrogen and oxygen atoms in total. The van der Waals surface area contributed by atoms with Crippen molar-refractivity contribution in [3.8, 4) is 34.3 Å². The minimum atomic E-state index is -3.96. The molecule has 0 radical (unpaired) electrons. The maximum atomic E-state index is 13.4. The zero-order valence-corrected chi connectivity index (χ0v) is 25.2. The third-order valence-electron chi connectivity index (χ3n) is 6.56. The topological polar surface area (TPSA) is 129 Å². The number of aromatic nitrogens is 5. The molecule has 43 heavy (non-hydrogen) atoms. The Bertz CT molecular complexity index is 1770. The summed E-state index contributed by atoms with van der Waals surface area (Å²) in [5.41, 5.74) is 4.61. The number of ether oxygens (including phenoxy) is 2. The van der Waals surface area contributed by atoms with Crippen LogP contribution in [0.4, 0.5) is 5.82 Å². The second-order valence-corrected chi connectivity index (χ2v) is 12.5. The van der Waals surface area contributed by atoms with Crippen LogP contribution in [0.25, 0.3) is 22.4 Å². The Hall–Kier alpha value is -4.90. The van der Waals surface area contributed by atoms with Gasteiger partial charge < -0.3 is 9.47 Å². The lowest BCUT2D eigenvalue weighted by molar-refractivity contribution is 0.202. The van der Waals surface area contributed by atoms with Gasteiger partial charge in [-0.05, 0) is 47.7 Å². The first-order chi connectivity index (χ1) is 20.6. The minimum Gasteiger partial charge on any atom is -0.473 e. The maximum absolute atomic E-state index is 13.4. The van der Waals surface area contributed by atoms with Crippen LogP contribution in [0.15, 0.2) is 96.5 Å². The third-order valence-corrected chi connectivity index (χ3v) is 7.91. The summed E-state index contributed by atoms with van der Waals surface area (Å²) in [6.45, 7) is 8.41. The Morgan fingerprint density at radius 3 is 2.12 bits per heavy atom. The maximum Gasteiger partial charge on any atom is 0.316 e. The molecule has 0 saturated carbocycles. The predicted molar refractivity (Wildman–Crippen MR) is 164 cm³/mol. The van der Waals surface area contributed by atoms with Crippen LogP contribution >= 0.6 is 0 Å². The van der Waals surface area contributed by atoms with E-state index in [1.165, 1.54) is 6.33 Å². The van der Waals surface area contributed by atoms with Gasteiger partial charge in [0.05, 0.1) is 16.2 Å². The first-order valence-electron chi connectivity index (χ1n) is 13.6. The summed E-state index contributed by atoms with van der Waals surface area (Å²) in [6.07, 6.45) is 6.24. The number of nitrogens with zero attached hydrogens (tertiary/aromatic N) is 5. The minimum absolute atomic E-state index is 0.0989. The molecule has 0 fully saturated rings. The van der Waals surface area contributed by atoms with Crippen molar-refractivity contribution in [2.45, 2.75) is 38.0 Å². The first-order valence-corrected chi connectivity index (χ1v) is 15.1. The van der Waals surface area contributed by atoms with Gasteiger partial charge in [-0.1, -0.05) is 68.8 Å². The zero-order chi connectivity index (χ0) is 30.5. The van der Waals surface area contributed by atoms with E-state index in [0.717, 1.165) is 22.4 Å². The number of sulfonamides is 1. The van der Waals surface area contributed by atoms with Gasteiger partial charge in [-0.2, -0.15) is 0 Å². The molecule has 0 aliphatic heterocycles. The third kappa shape index (κ3) is 7.31. The summed E-state index contributed by atoms with van der Waals surface area (Å²) in [7, 11) is -3.96. The fraction of sp³-hybridized carbons (Fsp3) is 0.219. The number of rotatable bonds is 10. The smallest absolute Gasteiger partial charge is 0.316 e. The molecule has 0 saturated heterocycles. The zero-order valence-electron chi connectivity index (χ0n) is 24.4. The predicted octanol–water partition coefficient (Wildman–Crippen LogP) is 5.86.